The molecule has 0 N–H and O–H groups in total. The number of thiazole rings is 1. The number of morpholine rings is 1. The van der Waals surface area contributed by atoms with Crippen molar-refractivity contribution in [3.05, 3.63) is 40.6 Å². The van der Waals surface area contributed by atoms with Gasteiger partial charge in [0.05, 0.1) is 41.8 Å². The first-order valence-corrected chi connectivity index (χ1v) is 9.59. The molecule has 0 radical (unpaired) electrons. The van der Waals surface area contributed by atoms with Gasteiger partial charge >= 0.3 is 0 Å². The van der Waals surface area contributed by atoms with Crippen molar-refractivity contribution in [2.24, 2.45) is 0 Å². The van der Waals surface area contributed by atoms with Crippen LogP contribution in [0.5, 0.6) is 0 Å². The summed E-state index contributed by atoms with van der Waals surface area (Å²) in [5, 5.41) is 0. The van der Waals surface area contributed by atoms with E-state index in [2.05, 4.69) is 20.9 Å². The molecule has 0 aromatic carbocycles. The fourth-order valence-electron chi connectivity index (χ4n) is 3.78. The van der Waals surface area contributed by atoms with E-state index in [1.165, 1.54) is 11.3 Å². The van der Waals surface area contributed by atoms with Crippen molar-refractivity contribution in [1.82, 2.24) is 14.9 Å². The summed E-state index contributed by atoms with van der Waals surface area (Å²) >= 11 is 1.43. The zero-order chi connectivity index (χ0) is 17.2. The van der Waals surface area contributed by atoms with E-state index < -0.39 is 0 Å². The number of aryl methyl sites for hydroxylation is 1. The van der Waals surface area contributed by atoms with E-state index in [1.807, 2.05) is 24.1 Å². The van der Waals surface area contributed by atoms with Crippen molar-refractivity contribution in [1.29, 1.82) is 0 Å². The van der Waals surface area contributed by atoms with Crippen LogP contribution < -0.4 is 4.90 Å². The minimum Gasteiger partial charge on any atom is -0.374 e. The molecule has 1 amide bonds. The first-order chi connectivity index (χ1) is 12.2. The molecular formula is C18H22N4O2S. The van der Waals surface area contributed by atoms with Crippen molar-refractivity contribution in [3.8, 4) is 0 Å². The number of hydrogen-bond donors (Lipinski definition) is 0. The summed E-state index contributed by atoms with van der Waals surface area (Å²) in [7, 11) is 0. The second-order valence-electron chi connectivity index (χ2n) is 6.52. The van der Waals surface area contributed by atoms with E-state index in [-0.39, 0.29) is 12.0 Å². The van der Waals surface area contributed by atoms with E-state index in [0.717, 1.165) is 55.3 Å². The maximum Gasteiger partial charge on any atom is 0.265 e. The van der Waals surface area contributed by atoms with E-state index >= 15 is 0 Å². The molecule has 0 unspecified atom stereocenters. The lowest BCUT2D eigenvalue weighted by Gasteiger charge is -2.41. The number of pyridine rings is 1. The van der Waals surface area contributed by atoms with Crippen LogP contribution in [0.2, 0.25) is 0 Å². The molecule has 2 fully saturated rings. The molecule has 132 valence electrons. The predicted octanol–water partition coefficient (Wildman–Crippen LogP) is 2.36. The van der Waals surface area contributed by atoms with Crippen molar-refractivity contribution in [2.45, 2.75) is 31.9 Å². The molecule has 2 aliphatic heterocycles. The molecule has 2 aromatic heterocycles. The monoisotopic (exact) mass is 358 g/mol. The van der Waals surface area contributed by atoms with Gasteiger partial charge in [0.1, 0.15) is 4.88 Å². The van der Waals surface area contributed by atoms with Crippen LogP contribution in [0.3, 0.4) is 0 Å². The molecule has 7 heteroatoms. The summed E-state index contributed by atoms with van der Waals surface area (Å²) in [4.78, 5) is 26.4. The summed E-state index contributed by atoms with van der Waals surface area (Å²) in [6.07, 6.45) is 5.64. The SMILES string of the molecule is Cc1ncsc1C(=O)N1CC[C@@H]2OCCN(c3cccnc3)[C@H]2CC1. The first kappa shape index (κ1) is 16.5. The molecule has 2 aliphatic rings. The predicted molar refractivity (Wildman–Crippen MR) is 97.1 cm³/mol. The number of nitrogens with zero attached hydrogens (tertiary/aromatic N) is 4. The van der Waals surface area contributed by atoms with Gasteiger partial charge in [-0.15, -0.1) is 11.3 Å². The second-order valence-corrected chi connectivity index (χ2v) is 7.37. The number of aromatic nitrogens is 2. The van der Waals surface area contributed by atoms with Crippen LogP contribution in [-0.4, -0.2) is 59.2 Å². The molecule has 2 saturated heterocycles. The standard InChI is InChI=1S/C18H22N4O2S/c1-13-17(25-12-20-13)18(23)21-7-4-15-16(5-8-21)24-10-9-22(15)14-3-2-6-19-11-14/h2-3,6,11-12,15-16H,4-5,7-10H2,1H3/t15-,16-/m0/s1. The molecule has 0 bridgehead atoms. The number of rotatable bonds is 2. The van der Waals surface area contributed by atoms with E-state index in [4.69, 9.17) is 4.74 Å². The summed E-state index contributed by atoms with van der Waals surface area (Å²) in [6, 6.07) is 4.36. The molecular weight excluding hydrogens is 336 g/mol. The third-order valence-corrected chi connectivity index (χ3v) is 5.99. The normalized spacial score (nSPS) is 23.9. The van der Waals surface area contributed by atoms with Crippen LogP contribution in [0.25, 0.3) is 0 Å². The van der Waals surface area contributed by atoms with Gasteiger partial charge in [-0.05, 0) is 31.9 Å². The summed E-state index contributed by atoms with van der Waals surface area (Å²) in [5.41, 5.74) is 3.71. The third kappa shape index (κ3) is 3.26. The van der Waals surface area contributed by atoms with Gasteiger partial charge in [0.2, 0.25) is 0 Å². The lowest BCUT2D eigenvalue weighted by Crippen LogP contribution is -2.51. The van der Waals surface area contributed by atoms with Gasteiger partial charge in [0.25, 0.3) is 5.91 Å². The Balaban J connectivity index is 1.51. The van der Waals surface area contributed by atoms with Gasteiger partial charge in [-0.2, -0.15) is 0 Å². The quantitative estimate of drug-likeness (QED) is 0.825. The van der Waals surface area contributed by atoms with Gasteiger partial charge in [-0.3, -0.25) is 9.78 Å². The van der Waals surface area contributed by atoms with Crippen LogP contribution in [0.1, 0.15) is 28.2 Å². The number of likely N-dealkylation sites (tertiary alicyclic amines) is 1. The van der Waals surface area contributed by atoms with E-state index in [9.17, 15) is 4.79 Å². The van der Waals surface area contributed by atoms with E-state index in [0.29, 0.717) is 6.04 Å². The largest absolute Gasteiger partial charge is 0.374 e. The summed E-state index contributed by atoms with van der Waals surface area (Å²) in [6.45, 7) is 4.97. The summed E-state index contributed by atoms with van der Waals surface area (Å²) < 4.78 is 6.05. The zero-order valence-electron chi connectivity index (χ0n) is 14.3. The molecule has 4 heterocycles. The molecule has 0 aliphatic carbocycles. The van der Waals surface area contributed by atoms with E-state index in [1.54, 1.807) is 11.7 Å². The number of carbonyl (C=O) groups excluding carboxylic acids is 1. The molecule has 2 aromatic rings. The Labute approximate surface area is 151 Å². The van der Waals surface area contributed by atoms with Gasteiger partial charge in [-0.25, -0.2) is 4.98 Å². The Morgan fingerprint density at radius 2 is 2.20 bits per heavy atom. The Hall–Kier alpha value is -1.99. The number of hydrogen-bond acceptors (Lipinski definition) is 6. The average molecular weight is 358 g/mol. The number of ether oxygens (including phenoxy) is 1. The van der Waals surface area contributed by atoms with Gasteiger partial charge in [-0.1, -0.05) is 0 Å². The number of amides is 1. The van der Waals surface area contributed by atoms with Crippen LogP contribution in [0, 0.1) is 6.92 Å². The average Bonchev–Trinajstić information content (AvgIpc) is 2.96. The highest BCUT2D eigenvalue weighted by Gasteiger charge is 2.36. The van der Waals surface area contributed by atoms with Crippen molar-refractivity contribution >= 4 is 22.9 Å². The highest BCUT2D eigenvalue weighted by Crippen LogP contribution is 2.29. The Morgan fingerprint density at radius 3 is 2.96 bits per heavy atom. The molecule has 2 atom stereocenters. The van der Waals surface area contributed by atoms with Crippen LogP contribution in [0.4, 0.5) is 5.69 Å². The van der Waals surface area contributed by atoms with Gasteiger partial charge in [0.15, 0.2) is 0 Å². The minimum atomic E-state index is 0.103. The zero-order valence-corrected chi connectivity index (χ0v) is 15.1. The van der Waals surface area contributed by atoms with Gasteiger partial charge < -0.3 is 14.5 Å². The van der Waals surface area contributed by atoms with Crippen molar-refractivity contribution in [3.63, 3.8) is 0 Å². The Bertz CT molecular complexity index is 736. The third-order valence-electron chi connectivity index (χ3n) is 5.08. The van der Waals surface area contributed by atoms with Crippen molar-refractivity contribution < 1.29 is 9.53 Å². The number of carbonyl (C=O) groups is 1. The molecule has 0 saturated carbocycles. The number of fused-ring (bicyclic) bond motifs is 1. The highest BCUT2D eigenvalue weighted by molar-refractivity contribution is 7.11. The fraction of sp³-hybridized carbons (Fsp3) is 0.500. The van der Waals surface area contributed by atoms with Crippen molar-refractivity contribution in [2.75, 3.05) is 31.1 Å². The first-order valence-electron chi connectivity index (χ1n) is 8.71. The summed E-state index contributed by atoms with van der Waals surface area (Å²) in [5.74, 6) is 0.103. The number of anilines is 1. The topological polar surface area (TPSA) is 58.6 Å². The van der Waals surface area contributed by atoms with Crippen LogP contribution >= 0.6 is 11.3 Å². The molecule has 0 spiro atoms. The molecule has 4 rings (SSSR count). The lowest BCUT2D eigenvalue weighted by atomic mass is 10.0. The van der Waals surface area contributed by atoms with Gasteiger partial charge in [0, 0.05) is 25.8 Å². The molecule has 25 heavy (non-hydrogen) atoms. The maximum atomic E-state index is 12.8. The lowest BCUT2D eigenvalue weighted by molar-refractivity contribution is 0.00908. The molecule has 6 nitrogen and oxygen atoms in total. The van der Waals surface area contributed by atoms with Crippen LogP contribution in [0.15, 0.2) is 30.0 Å². The Morgan fingerprint density at radius 1 is 1.32 bits per heavy atom. The van der Waals surface area contributed by atoms with Crippen LogP contribution in [-0.2, 0) is 4.74 Å². The highest BCUT2D eigenvalue weighted by atomic mass is 32.1. The Kier molecular flexibility index (Phi) is 4.67. The minimum absolute atomic E-state index is 0.103. The fourth-order valence-corrected chi connectivity index (χ4v) is 4.55. The second kappa shape index (κ2) is 7.09. The smallest absolute Gasteiger partial charge is 0.265 e. The maximum absolute atomic E-state index is 12.8.